The van der Waals surface area contributed by atoms with Crippen molar-refractivity contribution in [3.8, 4) is 0 Å². The number of likely N-dealkylation sites (tertiary alicyclic amines) is 1. The summed E-state index contributed by atoms with van der Waals surface area (Å²) >= 11 is 0. The molecule has 4 rings (SSSR count). The Morgan fingerprint density at radius 2 is 1.65 bits per heavy atom. The number of hydrogen-bond acceptors (Lipinski definition) is 4. The molecule has 1 amide bonds. The van der Waals surface area contributed by atoms with E-state index in [4.69, 9.17) is 5.73 Å². The molecular weight excluding hydrogens is 407 g/mol. The van der Waals surface area contributed by atoms with Crippen LogP contribution in [0.1, 0.15) is 67.3 Å². The second kappa shape index (κ2) is 9.28. The van der Waals surface area contributed by atoms with Gasteiger partial charge in [0.25, 0.3) is 0 Å². The second-order valence-corrected chi connectivity index (χ2v) is 9.06. The van der Waals surface area contributed by atoms with Gasteiger partial charge in [0, 0.05) is 30.7 Å². The maximum Gasteiger partial charge on any atom is 0.395 e. The molecule has 1 aromatic rings. The van der Waals surface area contributed by atoms with E-state index in [1.807, 2.05) is 0 Å². The zero-order valence-corrected chi connectivity index (χ0v) is 18.2. The second-order valence-electron chi connectivity index (χ2n) is 9.06. The van der Waals surface area contributed by atoms with E-state index in [-0.39, 0.29) is 17.0 Å². The van der Waals surface area contributed by atoms with Gasteiger partial charge in [0.2, 0.25) is 5.91 Å². The van der Waals surface area contributed by atoms with Crippen LogP contribution in [0, 0.1) is 0 Å². The summed E-state index contributed by atoms with van der Waals surface area (Å²) in [5.41, 5.74) is 5.83. The minimum atomic E-state index is -4.23. The summed E-state index contributed by atoms with van der Waals surface area (Å²) in [4.78, 5) is 26.6. The minimum Gasteiger partial charge on any atom is -0.368 e. The van der Waals surface area contributed by atoms with Gasteiger partial charge in [-0.05, 0) is 58.1 Å². The van der Waals surface area contributed by atoms with E-state index in [0.29, 0.717) is 11.8 Å². The number of halogens is 3. The molecule has 1 saturated heterocycles. The van der Waals surface area contributed by atoms with Crippen LogP contribution in [0.15, 0.2) is 24.3 Å². The summed E-state index contributed by atoms with van der Waals surface area (Å²) in [7, 11) is 2.26. The highest BCUT2D eigenvalue weighted by Crippen LogP contribution is 2.43. The van der Waals surface area contributed by atoms with E-state index in [2.05, 4.69) is 16.8 Å². The van der Waals surface area contributed by atoms with E-state index in [9.17, 15) is 22.8 Å². The van der Waals surface area contributed by atoms with Crippen molar-refractivity contribution in [1.29, 1.82) is 0 Å². The number of hydrogen-bond donors (Lipinski definition) is 1. The molecule has 2 aliphatic carbocycles. The number of carbonyl (C=O) groups is 2. The monoisotopic (exact) mass is 439 g/mol. The number of primary amides is 1. The lowest BCUT2D eigenvalue weighted by molar-refractivity contribution is -0.146. The molecule has 0 spiro atoms. The van der Waals surface area contributed by atoms with Crippen molar-refractivity contribution in [1.82, 2.24) is 9.80 Å². The maximum absolute atomic E-state index is 12.2. The van der Waals surface area contributed by atoms with Crippen LogP contribution >= 0.6 is 0 Å². The van der Waals surface area contributed by atoms with Gasteiger partial charge < -0.3 is 10.6 Å². The van der Waals surface area contributed by atoms with Crippen LogP contribution in [-0.2, 0) is 4.79 Å². The van der Waals surface area contributed by atoms with E-state index in [1.165, 1.54) is 49.9 Å². The van der Waals surface area contributed by atoms with Crippen LogP contribution in [0.4, 0.5) is 13.2 Å². The summed E-state index contributed by atoms with van der Waals surface area (Å²) in [5.74, 6) is -1.60. The first-order valence-electron chi connectivity index (χ1n) is 11.0. The van der Waals surface area contributed by atoms with Gasteiger partial charge in [-0.2, -0.15) is 13.2 Å². The molecular formula is C23H32F3N3O2. The highest BCUT2D eigenvalue weighted by molar-refractivity contribution is 5.87. The van der Waals surface area contributed by atoms with E-state index >= 15 is 0 Å². The molecule has 1 aromatic carbocycles. The standard InChI is InChI=1S/C13H23N3O.C10H9F3O/c1-15(10-2-3-10)11-4-8-16(9-5-11)13(6-7-13)12(14)17;1-7(10(11,12)13)9-4-2-8(6-14)3-5-9/h10-11H,2-9H2,1H3,(H2,14,17);2-7H,1H3. The van der Waals surface area contributed by atoms with Gasteiger partial charge in [0.1, 0.15) is 11.8 Å². The molecule has 2 N–H and O–H groups in total. The third-order valence-corrected chi connectivity index (χ3v) is 7.01. The number of carbonyl (C=O) groups excluding carboxylic acids is 2. The summed E-state index contributed by atoms with van der Waals surface area (Å²) in [6.45, 7) is 3.19. The van der Waals surface area contributed by atoms with E-state index in [1.54, 1.807) is 0 Å². The lowest BCUT2D eigenvalue weighted by atomic mass is 10.00. The fraction of sp³-hybridized carbons (Fsp3) is 0.652. The van der Waals surface area contributed by atoms with Crippen LogP contribution in [0.5, 0.6) is 0 Å². The van der Waals surface area contributed by atoms with Crippen LogP contribution in [0.2, 0.25) is 0 Å². The number of rotatable bonds is 6. The molecule has 0 radical (unpaired) electrons. The van der Waals surface area contributed by atoms with Crippen LogP contribution in [0.3, 0.4) is 0 Å². The first-order chi connectivity index (χ1) is 14.6. The van der Waals surface area contributed by atoms with Crippen molar-refractivity contribution >= 4 is 12.2 Å². The summed E-state index contributed by atoms with van der Waals surface area (Å²) in [5, 5.41) is 0. The average molecular weight is 440 g/mol. The van der Waals surface area contributed by atoms with Crippen molar-refractivity contribution in [2.24, 2.45) is 5.73 Å². The Morgan fingerprint density at radius 3 is 2.03 bits per heavy atom. The average Bonchev–Trinajstić information content (AvgIpc) is 3.65. The molecule has 2 saturated carbocycles. The first-order valence-corrected chi connectivity index (χ1v) is 11.0. The highest BCUT2D eigenvalue weighted by atomic mass is 19.4. The fourth-order valence-corrected chi connectivity index (χ4v) is 4.37. The zero-order chi connectivity index (χ0) is 22.8. The Balaban J connectivity index is 0.000000180. The maximum atomic E-state index is 12.2. The quantitative estimate of drug-likeness (QED) is 0.686. The van der Waals surface area contributed by atoms with Gasteiger partial charge in [-0.25, -0.2) is 0 Å². The Labute approximate surface area is 181 Å². The molecule has 8 heteroatoms. The van der Waals surface area contributed by atoms with Crippen LogP contribution < -0.4 is 5.73 Å². The van der Waals surface area contributed by atoms with Gasteiger partial charge in [-0.1, -0.05) is 24.3 Å². The first kappa shape index (κ1) is 23.7. The lowest BCUT2D eigenvalue weighted by Gasteiger charge is -2.39. The fourth-order valence-electron chi connectivity index (χ4n) is 4.37. The largest absolute Gasteiger partial charge is 0.395 e. The normalized spacial score (nSPS) is 22.4. The molecule has 1 unspecified atom stereocenters. The molecule has 172 valence electrons. The number of benzene rings is 1. The van der Waals surface area contributed by atoms with Crippen molar-refractivity contribution in [3.63, 3.8) is 0 Å². The predicted molar refractivity (Wildman–Crippen MR) is 113 cm³/mol. The van der Waals surface area contributed by atoms with Crippen molar-refractivity contribution in [2.45, 2.75) is 75.2 Å². The minimum absolute atomic E-state index is 0.105. The van der Waals surface area contributed by atoms with Gasteiger partial charge >= 0.3 is 6.18 Å². The number of amides is 1. The molecule has 3 aliphatic rings. The Bertz CT molecular complexity index is 765. The third kappa shape index (κ3) is 5.66. The summed E-state index contributed by atoms with van der Waals surface area (Å²) in [6.07, 6.45) is 3.47. The molecule has 31 heavy (non-hydrogen) atoms. The summed E-state index contributed by atoms with van der Waals surface area (Å²) < 4.78 is 36.7. The van der Waals surface area contributed by atoms with Crippen molar-refractivity contribution < 1.29 is 22.8 Å². The molecule has 1 aliphatic heterocycles. The van der Waals surface area contributed by atoms with Crippen molar-refractivity contribution in [3.05, 3.63) is 35.4 Å². The Hall–Kier alpha value is -1.93. The molecule has 1 atom stereocenters. The number of piperidine rings is 1. The number of nitrogens with two attached hydrogens (primary N) is 1. The highest BCUT2D eigenvalue weighted by Gasteiger charge is 2.54. The molecule has 3 fully saturated rings. The lowest BCUT2D eigenvalue weighted by Crippen LogP contribution is -2.53. The molecule has 0 aromatic heterocycles. The van der Waals surface area contributed by atoms with Crippen molar-refractivity contribution in [2.75, 3.05) is 20.1 Å². The van der Waals surface area contributed by atoms with Gasteiger partial charge in [-0.15, -0.1) is 0 Å². The van der Waals surface area contributed by atoms with Gasteiger partial charge in [0.15, 0.2) is 0 Å². The Morgan fingerprint density at radius 1 is 1.13 bits per heavy atom. The Kier molecular flexibility index (Phi) is 7.11. The zero-order valence-electron chi connectivity index (χ0n) is 18.2. The van der Waals surface area contributed by atoms with Gasteiger partial charge in [0.05, 0.1) is 5.92 Å². The van der Waals surface area contributed by atoms with Crippen LogP contribution in [0.25, 0.3) is 0 Å². The molecule has 5 nitrogen and oxygen atoms in total. The number of alkyl halides is 3. The molecule has 0 bridgehead atoms. The van der Waals surface area contributed by atoms with E-state index < -0.39 is 12.1 Å². The smallest absolute Gasteiger partial charge is 0.368 e. The SMILES string of the molecule is CC(c1ccc(C=O)cc1)C(F)(F)F.CN(C1CC1)C1CCN(C2(C(N)=O)CC2)CC1. The number of nitrogens with zero attached hydrogens (tertiary/aromatic N) is 2. The topological polar surface area (TPSA) is 66.6 Å². The number of aldehydes is 1. The van der Waals surface area contributed by atoms with E-state index in [0.717, 1.165) is 44.9 Å². The third-order valence-electron chi connectivity index (χ3n) is 7.01. The van der Waals surface area contributed by atoms with Crippen LogP contribution in [-0.4, -0.2) is 65.9 Å². The molecule has 1 heterocycles. The van der Waals surface area contributed by atoms with Gasteiger partial charge in [-0.3, -0.25) is 14.5 Å². The summed E-state index contributed by atoms with van der Waals surface area (Å²) in [6, 6.07) is 6.97. The predicted octanol–water partition coefficient (Wildman–Crippen LogP) is 3.73.